The van der Waals surface area contributed by atoms with Gasteiger partial charge in [0.25, 0.3) is 11.6 Å². The van der Waals surface area contributed by atoms with E-state index in [1.165, 1.54) is 18.2 Å². The summed E-state index contributed by atoms with van der Waals surface area (Å²) in [5.74, 6) is -0.586. The highest BCUT2D eigenvalue weighted by molar-refractivity contribution is 6.31. The van der Waals surface area contributed by atoms with Crippen LogP contribution in [-0.4, -0.2) is 10.8 Å². The number of nitro groups is 1. The summed E-state index contributed by atoms with van der Waals surface area (Å²) in [6.45, 7) is 0. The lowest BCUT2D eigenvalue weighted by atomic mass is 10.0. The van der Waals surface area contributed by atoms with Crippen molar-refractivity contribution in [3.63, 3.8) is 0 Å². The molecule has 124 valence electrons. The Balaban J connectivity index is 1.98. The summed E-state index contributed by atoms with van der Waals surface area (Å²) in [6.07, 6.45) is 0. The van der Waals surface area contributed by atoms with Crippen LogP contribution in [-0.2, 0) is 0 Å². The van der Waals surface area contributed by atoms with Crippen LogP contribution in [0.3, 0.4) is 0 Å². The molecule has 0 atom stereocenters. The third kappa shape index (κ3) is 3.67. The summed E-state index contributed by atoms with van der Waals surface area (Å²) < 4.78 is 0. The maximum absolute atomic E-state index is 12.6. The molecule has 0 bridgehead atoms. The Morgan fingerprint density at radius 2 is 1.64 bits per heavy atom. The molecule has 1 amide bonds. The molecule has 3 aromatic rings. The fourth-order valence-electron chi connectivity index (χ4n) is 2.50. The second-order valence-corrected chi connectivity index (χ2v) is 5.72. The van der Waals surface area contributed by atoms with E-state index in [-0.39, 0.29) is 16.3 Å². The van der Waals surface area contributed by atoms with Gasteiger partial charge in [-0.15, -0.1) is 0 Å². The number of nitrogens with zero attached hydrogens (tertiary/aromatic N) is 1. The number of hydrogen-bond donors (Lipinski definition) is 1. The molecular formula is C19H13ClN2O3. The maximum Gasteiger partial charge on any atom is 0.282 e. The molecule has 0 aliphatic rings. The Bertz CT molecular complexity index is 942. The quantitative estimate of drug-likeness (QED) is 0.520. The van der Waals surface area contributed by atoms with E-state index in [9.17, 15) is 14.9 Å². The van der Waals surface area contributed by atoms with E-state index in [1.807, 2.05) is 42.5 Å². The van der Waals surface area contributed by atoms with E-state index >= 15 is 0 Å². The zero-order valence-electron chi connectivity index (χ0n) is 13.0. The molecule has 6 heteroatoms. The predicted octanol–water partition coefficient (Wildman–Crippen LogP) is 5.17. The Kier molecular flexibility index (Phi) is 4.77. The molecule has 0 saturated carbocycles. The van der Waals surface area contributed by atoms with Crippen molar-refractivity contribution in [1.82, 2.24) is 0 Å². The van der Waals surface area contributed by atoms with Crippen LogP contribution in [0, 0.1) is 10.1 Å². The van der Waals surface area contributed by atoms with Crippen LogP contribution >= 0.6 is 11.6 Å². The fourth-order valence-corrected chi connectivity index (χ4v) is 2.67. The number of carbonyl (C=O) groups is 1. The van der Waals surface area contributed by atoms with Gasteiger partial charge in [-0.1, -0.05) is 60.1 Å². The summed E-state index contributed by atoms with van der Waals surface area (Å²) >= 11 is 5.89. The second kappa shape index (κ2) is 7.15. The number of nitrogens with one attached hydrogen (secondary N) is 1. The Labute approximate surface area is 149 Å². The van der Waals surface area contributed by atoms with Gasteiger partial charge in [0.05, 0.1) is 4.92 Å². The Morgan fingerprint density at radius 1 is 0.960 bits per heavy atom. The van der Waals surface area contributed by atoms with E-state index in [0.29, 0.717) is 5.69 Å². The zero-order valence-corrected chi connectivity index (χ0v) is 13.7. The number of nitro benzene ring substituents is 1. The number of benzene rings is 3. The highest BCUT2D eigenvalue weighted by Crippen LogP contribution is 2.29. The van der Waals surface area contributed by atoms with Crippen molar-refractivity contribution >= 4 is 28.9 Å². The first-order valence-electron chi connectivity index (χ1n) is 7.46. The molecule has 0 radical (unpaired) electrons. The van der Waals surface area contributed by atoms with Gasteiger partial charge in [0.1, 0.15) is 5.56 Å². The van der Waals surface area contributed by atoms with Crippen LogP contribution < -0.4 is 5.32 Å². The number of anilines is 1. The highest BCUT2D eigenvalue weighted by atomic mass is 35.5. The van der Waals surface area contributed by atoms with E-state index in [0.717, 1.165) is 11.1 Å². The second-order valence-electron chi connectivity index (χ2n) is 5.28. The molecule has 0 aromatic heterocycles. The van der Waals surface area contributed by atoms with Crippen molar-refractivity contribution in [3.05, 3.63) is 93.5 Å². The first-order chi connectivity index (χ1) is 12.1. The van der Waals surface area contributed by atoms with Gasteiger partial charge in [-0.05, 0) is 23.8 Å². The molecule has 5 nitrogen and oxygen atoms in total. The lowest BCUT2D eigenvalue weighted by Gasteiger charge is -2.11. The molecular weight excluding hydrogens is 340 g/mol. The molecule has 0 unspecified atom stereocenters. The number of halogens is 1. The molecule has 0 spiro atoms. The van der Waals surface area contributed by atoms with Crippen LogP contribution in [0.2, 0.25) is 5.02 Å². The summed E-state index contributed by atoms with van der Waals surface area (Å²) in [4.78, 5) is 23.2. The van der Waals surface area contributed by atoms with Gasteiger partial charge < -0.3 is 5.32 Å². The molecule has 3 aromatic carbocycles. The molecule has 0 heterocycles. The number of para-hydroxylation sites is 1. The topological polar surface area (TPSA) is 72.2 Å². The minimum atomic E-state index is -0.603. The van der Waals surface area contributed by atoms with Crippen molar-refractivity contribution in [2.24, 2.45) is 0 Å². The number of rotatable bonds is 4. The maximum atomic E-state index is 12.6. The minimum Gasteiger partial charge on any atom is -0.321 e. The SMILES string of the molecule is O=C(Nc1ccccc1-c1ccccc1)c1cc(Cl)ccc1[N+](=O)[O-]. The first kappa shape index (κ1) is 16.7. The lowest BCUT2D eigenvalue weighted by Crippen LogP contribution is -2.14. The van der Waals surface area contributed by atoms with Crippen LogP contribution in [0.5, 0.6) is 0 Å². The van der Waals surface area contributed by atoms with E-state index in [1.54, 1.807) is 12.1 Å². The smallest absolute Gasteiger partial charge is 0.282 e. The fraction of sp³-hybridized carbons (Fsp3) is 0. The molecule has 3 rings (SSSR count). The summed E-state index contributed by atoms with van der Waals surface area (Å²) in [7, 11) is 0. The van der Waals surface area contributed by atoms with Crippen molar-refractivity contribution in [1.29, 1.82) is 0 Å². The van der Waals surface area contributed by atoms with Gasteiger partial charge in [-0.3, -0.25) is 14.9 Å². The zero-order chi connectivity index (χ0) is 17.8. The molecule has 0 saturated heterocycles. The number of carbonyl (C=O) groups excluding carboxylic acids is 1. The minimum absolute atomic E-state index is 0.0830. The summed E-state index contributed by atoms with van der Waals surface area (Å²) in [5, 5.41) is 14.2. The van der Waals surface area contributed by atoms with Gasteiger partial charge in [0, 0.05) is 22.3 Å². The van der Waals surface area contributed by atoms with Gasteiger partial charge in [0.15, 0.2) is 0 Å². The van der Waals surface area contributed by atoms with Crippen LogP contribution in [0.4, 0.5) is 11.4 Å². The third-order valence-corrected chi connectivity index (χ3v) is 3.90. The Hall–Kier alpha value is -3.18. The summed E-state index contributed by atoms with van der Waals surface area (Å²) in [6, 6.07) is 20.7. The number of amides is 1. The van der Waals surface area contributed by atoms with Crippen LogP contribution in [0.1, 0.15) is 10.4 Å². The molecule has 0 aliphatic heterocycles. The van der Waals surface area contributed by atoms with Crippen LogP contribution in [0.15, 0.2) is 72.8 Å². The van der Waals surface area contributed by atoms with Crippen LogP contribution in [0.25, 0.3) is 11.1 Å². The lowest BCUT2D eigenvalue weighted by molar-refractivity contribution is -0.385. The largest absolute Gasteiger partial charge is 0.321 e. The molecule has 0 aliphatic carbocycles. The third-order valence-electron chi connectivity index (χ3n) is 3.66. The van der Waals surface area contributed by atoms with E-state index < -0.39 is 10.8 Å². The molecule has 25 heavy (non-hydrogen) atoms. The van der Waals surface area contributed by atoms with Gasteiger partial charge in [0.2, 0.25) is 0 Å². The first-order valence-corrected chi connectivity index (χ1v) is 7.84. The van der Waals surface area contributed by atoms with Crippen molar-refractivity contribution in [2.75, 3.05) is 5.32 Å². The molecule has 0 fully saturated rings. The Morgan fingerprint density at radius 3 is 2.36 bits per heavy atom. The number of hydrogen-bond acceptors (Lipinski definition) is 3. The summed E-state index contributed by atoms with van der Waals surface area (Å²) in [5.41, 5.74) is 1.94. The standard InChI is InChI=1S/C19H13ClN2O3/c20-14-10-11-18(22(24)25)16(12-14)19(23)21-17-9-5-4-8-15(17)13-6-2-1-3-7-13/h1-12H,(H,21,23). The van der Waals surface area contributed by atoms with Gasteiger partial charge in [-0.2, -0.15) is 0 Å². The normalized spacial score (nSPS) is 10.3. The molecule has 1 N–H and O–H groups in total. The van der Waals surface area contributed by atoms with Crippen molar-refractivity contribution in [3.8, 4) is 11.1 Å². The van der Waals surface area contributed by atoms with E-state index in [4.69, 9.17) is 11.6 Å². The van der Waals surface area contributed by atoms with Crippen molar-refractivity contribution < 1.29 is 9.72 Å². The van der Waals surface area contributed by atoms with E-state index in [2.05, 4.69) is 5.32 Å². The van der Waals surface area contributed by atoms with Gasteiger partial charge >= 0.3 is 0 Å². The van der Waals surface area contributed by atoms with Crippen molar-refractivity contribution in [2.45, 2.75) is 0 Å². The average Bonchev–Trinajstić information content (AvgIpc) is 2.62. The predicted molar refractivity (Wildman–Crippen MR) is 97.9 cm³/mol. The highest BCUT2D eigenvalue weighted by Gasteiger charge is 2.21. The monoisotopic (exact) mass is 352 g/mol. The van der Waals surface area contributed by atoms with Gasteiger partial charge in [-0.25, -0.2) is 0 Å². The average molecular weight is 353 g/mol.